The molecule has 7 heteroatoms. The quantitative estimate of drug-likeness (QED) is 0.457. The van der Waals surface area contributed by atoms with Crippen molar-refractivity contribution in [2.75, 3.05) is 26.6 Å². The minimum absolute atomic E-state index is 0.0709. The third-order valence-electron chi connectivity index (χ3n) is 2.60. The van der Waals surface area contributed by atoms with Gasteiger partial charge >= 0.3 is 5.69 Å². The number of nitro benzene ring substituents is 1. The van der Waals surface area contributed by atoms with Gasteiger partial charge in [-0.05, 0) is 12.5 Å². The Morgan fingerprint density at radius 3 is 2.74 bits per heavy atom. The molecule has 0 saturated heterocycles. The summed E-state index contributed by atoms with van der Waals surface area (Å²) in [7, 11) is 2.98. The first-order valence-corrected chi connectivity index (χ1v) is 6.18. The number of halogens is 1. The molecule has 0 heterocycles. The van der Waals surface area contributed by atoms with Crippen molar-refractivity contribution in [3.8, 4) is 5.75 Å². The largest absolute Gasteiger partial charge is 0.490 e. The Kier molecular flexibility index (Phi) is 5.57. The fraction of sp³-hybridized carbons (Fsp3) is 0.417. The topological polar surface area (TPSA) is 72.7 Å². The molecule has 19 heavy (non-hydrogen) atoms. The minimum atomic E-state index is -0.551. The van der Waals surface area contributed by atoms with E-state index in [2.05, 4.69) is 0 Å². The number of nitro groups is 1. The summed E-state index contributed by atoms with van der Waals surface area (Å²) in [5.74, 6) is 0.321. The molecule has 0 atom stereocenters. The molecule has 0 bridgehead atoms. The molecule has 0 N–H and O–H groups in total. The lowest BCUT2D eigenvalue weighted by molar-refractivity contribution is -0.385. The van der Waals surface area contributed by atoms with Gasteiger partial charge in [0, 0.05) is 37.2 Å². The van der Waals surface area contributed by atoms with Crippen LogP contribution in [0.15, 0.2) is 18.2 Å². The highest BCUT2D eigenvalue weighted by molar-refractivity contribution is 6.17. The summed E-state index contributed by atoms with van der Waals surface area (Å²) in [6.45, 7) is 0.529. The number of rotatable bonds is 6. The monoisotopic (exact) mass is 286 g/mol. The second-order valence-corrected chi connectivity index (χ2v) is 4.29. The molecule has 0 radical (unpaired) electrons. The Morgan fingerprint density at radius 2 is 2.21 bits per heavy atom. The SMILES string of the molecule is COc1cc(C(=O)N(C)CCCCl)ccc1[N+](=O)[O-]. The number of nitrogens with zero attached hydrogens (tertiary/aromatic N) is 2. The lowest BCUT2D eigenvalue weighted by Crippen LogP contribution is -2.28. The molecule has 0 fully saturated rings. The van der Waals surface area contributed by atoms with E-state index < -0.39 is 4.92 Å². The Hall–Kier alpha value is -1.82. The Labute approximate surface area is 116 Å². The van der Waals surface area contributed by atoms with Gasteiger partial charge in [-0.2, -0.15) is 0 Å². The molecule has 0 aliphatic rings. The van der Waals surface area contributed by atoms with E-state index in [0.29, 0.717) is 24.4 Å². The van der Waals surface area contributed by atoms with Gasteiger partial charge in [0.1, 0.15) is 0 Å². The first kappa shape index (κ1) is 15.2. The van der Waals surface area contributed by atoms with Gasteiger partial charge in [-0.1, -0.05) is 0 Å². The van der Waals surface area contributed by atoms with E-state index in [4.69, 9.17) is 16.3 Å². The predicted molar refractivity (Wildman–Crippen MR) is 71.9 cm³/mol. The number of benzene rings is 1. The van der Waals surface area contributed by atoms with Crippen molar-refractivity contribution in [2.24, 2.45) is 0 Å². The van der Waals surface area contributed by atoms with E-state index in [9.17, 15) is 14.9 Å². The van der Waals surface area contributed by atoms with E-state index in [1.165, 1.54) is 30.2 Å². The van der Waals surface area contributed by atoms with Crippen molar-refractivity contribution in [1.29, 1.82) is 0 Å². The molecule has 6 nitrogen and oxygen atoms in total. The van der Waals surface area contributed by atoms with E-state index in [-0.39, 0.29) is 17.3 Å². The highest BCUT2D eigenvalue weighted by Gasteiger charge is 2.19. The summed E-state index contributed by atoms with van der Waals surface area (Å²) in [6, 6.07) is 4.05. The number of alkyl halides is 1. The number of methoxy groups -OCH3 is 1. The van der Waals surface area contributed by atoms with Crippen LogP contribution in [0, 0.1) is 10.1 Å². The molecule has 1 aromatic rings. The van der Waals surface area contributed by atoms with Crippen LogP contribution in [-0.2, 0) is 0 Å². The average Bonchev–Trinajstić information content (AvgIpc) is 2.42. The average molecular weight is 287 g/mol. The maximum absolute atomic E-state index is 12.1. The Bertz CT molecular complexity index is 479. The number of ether oxygens (including phenoxy) is 1. The van der Waals surface area contributed by atoms with Crippen molar-refractivity contribution in [3.63, 3.8) is 0 Å². The third kappa shape index (κ3) is 3.82. The number of hydrogen-bond donors (Lipinski definition) is 0. The summed E-state index contributed by atoms with van der Waals surface area (Å²) in [5.41, 5.74) is 0.182. The van der Waals surface area contributed by atoms with E-state index >= 15 is 0 Å². The molecule has 0 unspecified atom stereocenters. The van der Waals surface area contributed by atoms with Crippen LogP contribution in [0.25, 0.3) is 0 Å². The third-order valence-corrected chi connectivity index (χ3v) is 2.86. The van der Waals surface area contributed by atoms with Gasteiger partial charge in [0.2, 0.25) is 0 Å². The second-order valence-electron chi connectivity index (χ2n) is 3.91. The molecule has 0 aromatic heterocycles. The maximum atomic E-state index is 12.1. The molecule has 104 valence electrons. The van der Waals surface area contributed by atoms with Gasteiger partial charge in [-0.15, -0.1) is 11.6 Å². The summed E-state index contributed by atoms with van der Waals surface area (Å²) in [4.78, 5) is 23.8. The maximum Gasteiger partial charge on any atom is 0.310 e. The zero-order valence-electron chi connectivity index (χ0n) is 10.8. The normalized spacial score (nSPS) is 10.1. The van der Waals surface area contributed by atoms with Crippen molar-refractivity contribution >= 4 is 23.2 Å². The minimum Gasteiger partial charge on any atom is -0.490 e. The smallest absolute Gasteiger partial charge is 0.310 e. The molecule has 1 amide bonds. The fourth-order valence-corrected chi connectivity index (χ4v) is 1.70. The van der Waals surface area contributed by atoms with E-state index in [1.54, 1.807) is 7.05 Å². The standard InChI is InChI=1S/C12H15ClN2O4/c1-14(7-3-6-13)12(16)9-4-5-10(15(17)18)11(8-9)19-2/h4-5,8H,3,6-7H2,1-2H3. The predicted octanol–water partition coefficient (Wildman–Crippen LogP) is 2.30. The molecule has 0 aliphatic carbocycles. The van der Waals surface area contributed by atoms with Crippen LogP contribution < -0.4 is 4.74 Å². The highest BCUT2D eigenvalue weighted by atomic mass is 35.5. The van der Waals surface area contributed by atoms with Crippen molar-refractivity contribution < 1.29 is 14.5 Å². The van der Waals surface area contributed by atoms with Crippen LogP contribution in [0.4, 0.5) is 5.69 Å². The van der Waals surface area contributed by atoms with Crippen LogP contribution in [-0.4, -0.2) is 42.3 Å². The van der Waals surface area contributed by atoms with E-state index in [0.717, 1.165) is 0 Å². The van der Waals surface area contributed by atoms with Crippen molar-refractivity contribution in [2.45, 2.75) is 6.42 Å². The van der Waals surface area contributed by atoms with Crippen LogP contribution in [0.2, 0.25) is 0 Å². The van der Waals surface area contributed by atoms with Crippen LogP contribution in [0.3, 0.4) is 0 Å². The van der Waals surface area contributed by atoms with Crippen LogP contribution in [0.1, 0.15) is 16.8 Å². The fourth-order valence-electron chi connectivity index (χ4n) is 1.58. The lowest BCUT2D eigenvalue weighted by atomic mass is 10.1. The van der Waals surface area contributed by atoms with Crippen molar-refractivity contribution in [3.05, 3.63) is 33.9 Å². The number of carbonyl (C=O) groups excluding carboxylic acids is 1. The summed E-state index contributed by atoms with van der Waals surface area (Å²) >= 11 is 5.57. The molecule has 1 aromatic carbocycles. The molecule has 0 spiro atoms. The van der Waals surface area contributed by atoms with Gasteiger partial charge in [0.05, 0.1) is 12.0 Å². The van der Waals surface area contributed by atoms with Gasteiger partial charge in [-0.25, -0.2) is 0 Å². The molecule has 0 saturated carbocycles. The van der Waals surface area contributed by atoms with Crippen LogP contribution >= 0.6 is 11.6 Å². The molecular formula is C12H15ClN2O4. The van der Waals surface area contributed by atoms with E-state index in [1.807, 2.05) is 0 Å². The van der Waals surface area contributed by atoms with Gasteiger partial charge in [0.15, 0.2) is 5.75 Å². The highest BCUT2D eigenvalue weighted by Crippen LogP contribution is 2.27. The first-order chi connectivity index (χ1) is 9.01. The first-order valence-electron chi connectivity index (χ1n) is 5.65. The zero-order valence-corrected chi connectivity index (χ0v) is 11.5. The van der Waals surface area contributed by atoms with Gasteiger partial charge < -0.3 is 9.64 Å². The van der Waals surface area contributed by atoms with Crippen molar-refractivity contribution in [1.82, 2.24) is 4.90 Å². The van der Waals surface area contributed by atoms with Gasteiger partial charge in [-0.3, -0.25) is 14.9 Å². The summed E-state index contributed by atoms with van der Waals surface area (Å²) in [6.07, 6.45) is 0.688. The number of carbonyl (C=O) groups is 1. The molecule has 1 rings (SSSR count). The zero-order chi connectivity index (χ0) is 14.4. The Balaban J connectivity index is 2.95. The van der Waals surface area contributed by atoms with Gasteiger partial charge in [0.25, 0.3) is 5.91 Å². The second kappa shape index (κ2) is 6.94. The van der Waals surface area contributed by atoms with Crippen LogP contribution in [0.5, 0.6) is 5.75 Å². The summed E-state index contributed by atoms with van der Waals surface area (Å²) < 4.78 is 4.92. The lowest BCUT2D eigenvalue weighted by Gasteiger charge is -2.16. The molecule has 0 aliphatic heterocycles. The molecular weight excluding hydrogens is 272 g/mol. The summed E-state index contributed by atoms with van der Waals surface area (Å²) in [5, 5.41) is 10.8. The Morgan fingerprint density at radius 1 is 1.53 bits per heavy atom. The number of hydrogen-bond acceptors (Lipinski definition) is 4. The number of amides is 1.